The number of benzene rings is 1. The van der Waals surface area contributed by atoms with Crippen molar-refractivity contribution in [3.05, 3.63) is 47.2 Å². The van der Waals surface area contributed by atoms with Gasteiger partial charge in [0.05, 0.1) is 23.1 Å². The number of anilines is 1. The maximum atomic E-state index is 14.3. The van der Waals surface area contributed by atoms with Crippen LogP contribution in [0.3, 0.4) is 0 Å². The van der Waals surface area contributed by atoms with Crippen molar-refractivity contribution in [1.82, 2.24) is 19.5 Å². The van der Waals surface area contributed by atoms with Crippen LogP contribution in [0.4, 0.5) is 14.5 Å². The molecule has 1 aliphatic carbocycles. The highest BCUT2D eigenvalue weighted by molar-refractivity contribution is 6.29. The molecule has 0 radical (unpaired) electrons. The Bertz CT molecular complexity index is 975. The lowest BCUT2D eigenvalue weighted by Gasteiger charge is -2.33. The van der Waals surface area contributed by atoms with Crippen LogP contribution in [0.5, 0.6) is 0 Å². The van der Waals surface area contributed by atoms with Crippen LogP contribution in [0, 0.1) is 11.6 Å². The van der Waals surface area contributed by atoms with Gasteiger partial charge in [0.1, 0.15) is 11.6 Å². The van der Waals surface area contributed by atoms with E-state index < -0.39 is 11.6 Å². The average molecular weight is 406 g/mol. The van der Waals surface area contributed by atoms with Crippen molar-refractivity contribution in [2.45, 2.75) is 37.8 Å². The molecule has 1 fully saturated rings. The lowest BCUT2D eigenvalue weighted by molar-refractivity contribution is 0.221. The third-order valence-corrected chi connectivity index (χ3v) is 5.69. The minimum absolute atomic E-state index is 0.173. The summed E-state index contributed by atoms with van der Waals surface area (Å²) in [4.78, 5) is 6.58. The second kappa shape index (κ2) is 7.64. The predicted molar refractivity (Wildman–Crippen MR) is 107 cm³/mol. The molecule has 2 aromatic heterocycles. The van der Waals surface area contributed by atoms with Crippen LogP contribution in [0.2, 0.25) is 5.15 Å². The molecule has 0 unspecified atom stereocenters. The molecule has 2 heterocycles. The molecule has 0 amide bonds. The maximum Gasteiger partial charge on any atom is 0.178 e. The number of hydrogen-bond acceptors (Lipinski definition) is 4. The van der Waals surface area contributed by atoms with Crippen molar-refractivity contribution < 1.29 is 8.78 Å². The van der Waals surface area contributed by atoms with E-state index in [4.69, 9.17) is 11.6 Å². The first-order valence-corrected chi connectivity index (χ1v) is 9.73. The smallest absolute Gasteiger partial charge is 0.178 e. The molecular weight excluding hydrogens is 384 g/mol. The van der Waals surface area contributed by atoms with Crippen LogP contribution in [0.15, 0.2) is 30.5 Å². The van der Waals surface area contributed by atoms with Crippen LogP contribution in [-0.2, 0) is 0 Å². The second-order valence-corrected chi connectivity index (χ2v) is 7.86. The van der Waals surface area contributed by atoms with Crippen LogP contribution in [-0.4, -0.2) is 45.7 Å². The Morgan fingerprint density at radius 1 is 1.14 bits per heavy atom. The third kappa shape index (κ3) is 3.56. The zero-order valence-corrected chi connectivity index (χ0v) is 16.5. The van der Waals surface area contributed by atoms with E-state index in [1.54, 1.807) is 6.07 Å². The molecule has 148 valence electrons. The summed E-state index contributed by atoms with van der Waals surface area (Å²) in [6, 6.07) is 6.26. The standard InChI is InChI=1S/C20H22ClF2N5/c1-27(2)13-8-6-12(7-9-13)25-17-10-16(19-14(22)4-3-5-15(19)23)26-28-18(21)11-24-20(17)28/h3-5,10-13,25H,6-9H2,1-2H3. The van der Waals surface area contributed by atoms with E-state index in [9.17, 15) is 8.78 Å². The molecule has 3 aromatic rings. The lowest BCUT2D eigenvalue weighted by atomic mass is 9.90. The highest BCUT2D eigenvalue weighted by Crippen LogP contribution is 2.31. The number of hydrogen-bond donors (Lipinski definition) is 1. The largest absolute Gasteiger partial charge is 0.379 e. The van der Waals surface area contributed by atoms with Gasteiger partial charge in [0.25, 0.3) is 0 Å². The number of fused-ring (bicyclic) bond motifs is 1. The fourth-order valence-electron chi connectivity index (χ4n) is 3.87. The Hall–Kier alpha value is -2.25. The molecule has 4 rings (SSSR count). The summed E-state index contributed by atoms with van der Waals surface area (Å²) >= 11 is 6.20. The fraction of sp³-hybridized carbons (Fsp3) is 0.400. The Labute approximate surface area is 167 Å². The van der Waals surface area contributed by atoms with Gasteiger partial charge in [-0.2, -0.15) is 9.61 Å². The van der Waals surface area contributed by atoms with E-state index in [0.717, 1.165) is 25.7 Å². The number of nitrogens with one attached hydrogen (secondary N) is 1. The zero-order chi connectivity index (χ0) is 19.8. The number of imidazole rings is 1. The molecule has 8 heteroatoms. The highest BCUT2D eigenvalue weighted by atomic mass is 35.5. The molecule has 1 N–H and O–H groups in total. The van der Waals surface area contributed by atoms with Gasteiger partial charge in [-0.15, -0.1) is 0 Å². The molecule has 0 spiro atoms. The fourth-order valence-corrected chi connectivity index (χ4v) is 4.04. The van der Waals surface area contributed by atoms with E-state index in [-0.39, 0.29) is 22.5 Å². The van der Waals surface area contributed by atoms with Crippen molar-refractivity contribution in [2.75, 3.05) is 19.4 Å². The summed E-state index contributed by atoms with van der Waals surface area (Å²) in [7, 11) is 4.21. The first-order chi connectivity index (χ1) is 13.4. The second-order valence-electron chi connectivity index (χ2n) is 7.47. The van der Waals surface area contributed by atoms with E-state index in [1.165, 1.54) is 28.9 Å². The number of aromatic nitrogens is 3. The summed E-state index contributed by atoms with van der Waals surface area (Å²) in [6.45, 7) is 0. The van der Waals surface area contributed by atoms with Gasteiger partial charge in [0, 0.05) is 12.1 Å². The highest BCUT2D eigenvalue weighted by Gasteiger charge is 2.24. The Kier molecular flexibility index (Phi) is 5.21. The van der Waals surface area contributed by atoms with Gasteiger partial charge in [0.2, 0.25) is 0 Å². The van der Waals surface area contributed by atoms with E-state index in [0.29, 0.717) is 17.4 Å². The van der Waals surface area contributed by atoms with E-state index in [1.807, 2.05) is 0 Å². The summed E-state index contributed by atoms with van der Waals surface area (Å²) in [6.07, 6.45) is 5.69. The maximum absolute atomic E-state index is 14.3. The molecule has 0 atom stereocenters. The summed E-state index contributed by atoms with van der Waals surface area (Å²) in [5.41, 5.74) is 1.22. The summed E-state index contributed by atoms with van der Waals surface area (Å²) < 4.78 is 30.0. The SMILES string of the molecule is CN(C)C1CCC(Nc2cc(-c3c(F)cccc3F)nn3c(Cl)cnc23)CC1. The van der Waals surface area contributed by atoms with Crippen LogP contribution >= 0.6 is 11.6 Å². The molecule has 0 saturated heterocycles. The monoisotopic (exact) mass is 405 g/mol. The van der Waals surface area contributed by atoms with Crippen molar-refractivity contribution in [1.29, 1.82) is 0 Å². The number of halogens is 3. The molecule has 1 aliphatic rings. The average Bonchev–Trinajstić information content (AvgIpc) is 3.03. The van der Waals surface area contributed by atoms with Crippen LogP contribution < -0.4 is 5.32 Å². The van der Waals surface area contributed by atoms with Gasteiger partial charge in [-0.05, 0) is 58.0 Å². The molecule has 0 aliphatic heterocycles. The van der Waals surface area contributed by atoms with Gasteiger partial charge in [-0.3, -0.25) is 0 Å². The summed E-state index contributed by atoms with van der Waals surface area (Å²) in [5.74, 6) is -1.33. The third-order valence-electron chi connectivity index (χ3n) is 5.43. The van der Waals surface area contributed by atoms with Gasteiger partial charge in [-0.1, -0.05) is 17.7 Å². The topological polar surface area (TPSA) is 45.5 Å². The number of rotatable bonds is 4. The van der Waals surface area contributed by atoms with Gasteiger partial charge < -0.3 is 10.2 Å². The number of nitrogens with zero attached hydrogens (tertiary/aromatic N) is 4. The molecule has 0 bridgehead atoms. The first-order valence-electron chi connectivity index (χ1n) is 9.35. The zero-order valence-electron chi connectivity index (χ0n) is 15.8. The van der Waals surface area contributed by atoms with Gasteiger partial charge in [0.15, 0.2) is 10.8 Å². The van der Waals surface area contributed by atoms with Crippen molar-refractivity contribution in [3.63, 3.8) is 0 Å². The Morgan fingerprint density at radius 3 is 2.46 bits per heavy atom. The molecule has 5 nitrogen and oxygen atoms in total. The Balaban J connectivity index is 1.70. The molecule has 1 saturated carbocycles. The minimum atomic E-state index is -0.666. The van der Waals surface area contributed by atoms with Crippen molar-refractivity contribution in [2.24, 2.45) is 0 Å². The van der Waals surface area contributed by atoms with Crippen LogP contribution in [0.1, 0.15) is 25.7 Å². The van der Waals surface area contributed by atoms with Gasteiger partial charge in [-0.25, -0.2) is 13.8 Å². The minimum Gasteiger partial charge on any atom is -0.379 e. The summed E-state index contributed by atoms with van der Waals surface area (Å²) in [5, 5.41) is 8.10. The molecule has 1 aromatic carbocycles. The molecule has 28 heavy (non-hydrogen) atoms. The molecular formula is C20H22ClF2N5. The van der Waals surface area contributed by atoms with Crippen molar-refractivity contribution >= 4 is 22.9 Å². The quantitative estimate of drug-likeness (QED) is 0.688. The van der Waals surface area contributed by atoms with E-state index in [2.05, 4.69) is 34.4 Å². The van der Waals surface area contributed by atoms with E-state index >= 15 is 0 Å². The lowest BCUT2D eigenvalue weighted by Crippen LogP contribution is -2.36. The first kappa shape index (κ1) is 19.1. The van der Waals surface area contributed by atoms with Gasteiger partial charge >= 0.3 is 0 Å². The Morgan fingerprint density at radius 2 is 1.82 bits per heavy atom. The predicted octanol–water partition coefficient (Wildman–Crippen LogP) is 4.61. The van der Waals surface area contributed by atoms with Crippen molar-refractivity contribution in [3.8, 4) is 11.3 Å². The normalized spacial score (nSPS) is 20.1. The van der Waals surface area contributed by atoms with Crippen LogP contribution in [0.25, 0.3) is 16.9 Å².